The van der Waals surface area contributed by atoms with Gasteiger partial charge in [-0.1, -0.05) is 18.2 Å². The lowest BCUT2D eigenvalue weighted by Gasteiger charge is -2.21. The van der Waals surface area contributed by atoms with E-state index in [1.165, 1.54) is 35.2 Å². The van der Waals surface area contributed by atoms with E-state index < -0.39 is 17.3 Å². The predicted molar refractivity (Wildman–Crippen MR) is 140 cm³/mol. The van der Waals surface area contributed by atoms with E-state index in [1.54, 1.807) is 16.7 Å². The number of rotatable bonds is 4. The van der Waals surface area contributed by atoms with Crippen LogP contribution < -0.4 is 11.1 Å². The average molecular weight is 509 g/mol. The summed E-state index contributed by atoms with van der Waals surface area (Å²) in [6, 6.07) is 13.5. The molecule has 5 heterocycles. The lowest BCUT2D eigenvalue weighted by molar-refractivity contribution is 0.0687. The van der Waals surface area contributed by atoms with Crippen LogP contribution in [0.25, 0.3) is 43.9 Å². The number of fused-ring (bicyclic) bond motifs is 3. The molecular formula is C29H20FN3O5. The van der Waals surface area contributed by atoms with E-state index >= 15 is 4.39 Å². The van der Waals surface area contributed by atoms with Crippen molar-refractivity contribution in [3.63, 3.8) is 0 Å². The number of aromatic nitrogens is 3. The van der Waals surface area contributed by atoms with Crippen LogP contribution >= 0.6 is 0 Å². The molecule has 38 heavy (non-hydrogen) atoms. The van der Waals surface area contributed by atoms with Crippen molar-refractivity contribution in [2.24, 2.45) is 0 Å². The number of para-hydroxylation sites is 1. The largest absolute Gasteiger partial charge is 0.477 e. The van der Waals surface area contributed by atoms with Gasteiger partial charge in [-0.2, -0.15) is 0 Å². The van der Waals surface area contributed by atoms with Gasteiger partial charge in [0.2, 0.25) is 0 Å². The highest BCUT2D eigenvalue weighted by Crippen LogP contribution is 2.40. The number of nitrogens with one attached hydrogen (secondary N) is 1. The Morgan fingerprint density at radius 1 is 1.13 bits per heavy atom. The zero-order chi connectivity index (χ0) is 26.1. The number of hydrogen-bond donors (Lipinski definition) is 2. The van der Waals surface area contributed by atoms with Gasteiger partial charge < -0.3 is 23.6 Å². The van der Waals surface area contributed by atoms with E-state index in [4.69, 9.17) is 4.42 Å². The molecule has 2 N–H and O–H groups in total. The fourth-order valence-corrected chi connectivity index (χ4v) is 5.88. The van der Waals surface area contributed by atoms with E-state index in [0.717, 1.165) is 29.3 Å². The first-order valence-corrected chi connectivity index (χ1v) is 12.2. The molecule has 8 nitrogen and oxygen atoms in total. The first kappa shape index (κ1) is 22.3. The summed E-state index contributed by atoms with van der Waals surface area (Å²) in [5.74, 6) is -1.91. The molecule has 0 unspecified atom stereocenters. The number of aromatic amines is 1. The van der Waals surface area contributed by atoms with Gasteiger partial charge in [-0.25, -0.2) is 9.18 Å². The first-order chi connectivity index (χ1) is 18.4. The standard InChI is InChI=1S/C29H20FN3O5/c30-20-13-21-23(26-18(20)8-11-38-26)22(19-7-2-9-31-27(19)34)25(29(36)37)33(21)14-17-12-16-5-1-4-15-6-3-10-32(24(15)16)28(17)35/h1-2,4-5,7-9,11-13H,3,6,10,14H2,(H,31,34)(H,36,37). The number of aryl methyl sites for hydroxylation is 2. The second-order valence-electron chi connectivity index (χ2n) is 9.53. The summed E-state index contributed by atoms with van der Waals surface area (Å²) in [5, 5.41) is 11.8. The number of hydrogen-bond acceptors (Lipinski definition) is 4. The van der Waals surface area contributed by atoms with Crippen molar-refractivity contribution in [2.75, 3.05) is 0 Å². The summed E-state index contributed by atoms with van der Waals surface area (Å²) >= 11 is 0. The number of benzene rings is 2. The fourth-order valence-electron chi connectivity index (χ4n) is 5.88. The van der Waals surface area contributed by atoms with Crippen LogP contribution in [0.2, 0.25) is 0 Å². The van der Waals surface area contributed by atoms with Gasteiger partial charge in [0.1, 0.15) is 17.1 Å². The molecule has 0 atom stereocenters. The van der Waals surface area contributed by atoms with Gasteiger partial charge in [0.25, 0.3) is 11.1 Å². The highest BCUT2D eigenvalue weighted by Gasteiger charge is 2.29. The number of carboxylic acid groups (broad SMARTS) is 1. The topological polar surface area (TPSA) is 110 Å². The number of carboxylic acids is 1. The number of H-pyrrole nitrogens is 1. The Balaban J connectivity index is 1.59. The lowest BCUT2D eigenvalue weighted by Crippen LogP contribution is -2.28. The van der Waals surface area contributed by atoms with Crippen molar-refractivity contribution in [3.8, 4) is 11.1 Å². The lowest BCUT2D eigenvalue weighted by atomic mass is 10.00. The van der Waals surface area contributed by atoms with Crippen LogP contribution in [0.1, 0.15) is 28.0 Å². The summed E-state index contributed by atoms with van der Waals surface area (Å²) in [5.41, 5.74) is 1.97. The molecule has 9 heteroatoms. The minimum atomic E-state index is -1.32. The van der Waals surface area contributed by atoms with Crippen LogP contribution in [0.5, 0.6) is 0 Å². The number of carbonyl (C=O) groups is 1. The maximum atomic E-state index is 15.2. The molecule has 0 spiro atoms. The summed E-state index contributed by atoms with van der Waals surface area (Å²) in [7, 11) is 0. The number of pyridine rings is 2. The molecule has 0 saturated carbocycles. The number of furan rings is 1. The van der Waals surface area contributed by atoms with Gasteiger partial charge in [-0.15, -0.1) is 0 Å². The molecule has 0 saturated heterocycles. The van der Waals surface area contributed by atoms with Gasteiger partial charge in [-0.3, -0.25) is 9.59 Å². The van der Waals surface area contributed by atoms with Crippen molar-refractivity contribution in [2.45, 2.75) is 25.9 Å². The zero-order valence-corrected chi connectivity index (χ0v) is 20.0. The predicted octanol–water partition coefficient (Wildman–Crippen LogP) is 4.89. The van der Waals surface area contributed by atoms with Crippen molar-refractivity contribution in [1.82, 2.24) is 14.1 Å². The minimum Gasteiger partial charge on any atom is -0.477 e. The van der Waals surface area contributed by atoms with E-state index in [0.29, 0.717) is 17.5 Å². The SMILES string of the molecule is O=C(O)c1c(-c2ccc[nH]c2=O)c2c3occc3c(F)cc2n1Cc1cc2cccc3c2n(c1=O)CCC3. The third-order valence-corrected chi connectivity index (χ3v) is 7.43. The molecule has 0 radical (unpaired) electrons. The molecule has 6 aromatic rings. The number of nitrogens with zero attached hydrogens (tertiary/aromatic N) is 2. The summed E-state index contributed by atoms with van der Waals surface area (Å²) in [6.45, 7) is 0.429. The van der Waals surface area contributed by atoms with Gasteiger partial charge in [-0.05, 0) is 54.1 Å². The maximum absolute atomic E-state index is 15.2. The van der Waals surface area contributed by atoms with Gasteiger partial charge in [0, 0.05) is 23.9 Å². The quantitative estimate of drug-likeness (QED) is 0.352. The van der Waals surface area contributed by atoms with Crippen molar-refractivity contribution in [3.05, 3.63) is 104 Å². The van der Waals surface area contributed by atoms with E-state index in [-0.39, 0.29) is 45.4 Å². The van der Waals surface area contributed by atoms with Crippen LogP contribution in [0.15, 0.2) is 75.0 Å². The molecule has 1 aliphatic rings. The van der Waals surface area contributed by atoms with Crippen LogP contribution in [0.3, 0.4) is 0 Å². The smallest absolute Gasteiger partial charge is 0.353 e. The molecule has 4 aromatic heterocycles. The summed E-state index contributed by atoms with van der Waals surface area (Å²) in [6.07, 6.45) is 4.48. The zero-order valence-electron chi connectivity index (χ0n) is 20.0. The summed E-state index contributed by atoms with van der Waals surface area (Å²) < 4.78 is 24.0. The van der Waals surface area contributed by atoms with Gasteiger partial charge in [0.15, 0.2) is 0 Å². The van der Waals surface area contributed by atoms with E-state index in [9.17, 15) is 19.5 Å². The molecule has 0 fully saturated rings. The van der Waals surface area contributed by atoms with Crippen molar-refractivity contribution >= 4 is 38.7 Å². The Morgan fingerprint density at radius 3 is 2.82 bits per heavy atom. The van der Waals surface area contributed by atoms with E-state index in [2.05, 4.69) is 4.98 Å². The molecule has 0 amide bonds. The number of aromatic carboxylic acids is 1. The second-order valence-corrected chi connectivity index (χ2v) is 9.53. The van der Waals surface area contributed by atoms with Crippen LogP contribution in [-0.4, -0.2) is 25.2 Å². The van der Waals surface area contributed by atoms with Crippen molar-refractivity contribution < 1.29 is 18.7 Å². The maximum Gasteiger partial charge on any atom is 0.353 e. The molecule has 188 valence electrons. The molecule has 2 aromatic carbocycles. The highest BCUT2D eigenvalue weighted by molar-refractivity contribution is 6.17. The Labute approximate surface area is 213 Å². The highest BCUT2D eigenvalue weighted by atomic mass is 19.1. The van der Waals surface area contributed by atoms with Crippen LogP contribution in [0.4, 0.5) is 4.39 Å². The van der Waals surface area contributed by atoms with Gasteiger partial charge in [0.05, 0.1) is 40.2 Å². The molecule has 7 rings (SSSR count). The molecule has 0 aliphatic carbocycles. The Morgan fingerprint density at radius 2 is 2.00 bits per heavy atom. The molecule has 0 bridgehead atoms. The summed E-state index contributed by atoms with van der Waals surface area (Å²) in [4.78, 5) is 41.9. The molecule has 1 aliphatic heterocycles. The third kappa shape index (κ3) is 3.05. The monoisotopic (exact) mass is 509 g/mol. The first-order valence-electron chi connectivity index (χ1n) is 12.2. The normalized spacial score (nSPS) is 13.1. The molecular weight excluding hydrogens is 489 g/mol. The van der Waals surface area contributed by atoms with Crippen LogP contribution in [0, 0.1) is 5.82 Å². The van der Waals surface area contributed by atoms with Gasteiger partial charge >= 0.3 is 5.97 Å². The minimum absolute atomic E-state index is 0.105. The Bertz CT molecular complexity index is 2080. The third-order valence-electron chi connectivity index (χ3n) is 7.43. The Hall–Kier alpha value is -4.92. The average Bonchev–Trinajstić information content (AvgIpc) is 3.51. The van der Waals surface area contributed by atoms with Crippen LogP contribution in [-0.2, 0) is 19.5 Å². The van der Waals surface area contributed by atoms with Crippen molar-refractivity contribution in [1.29, 1.82) is 0 Å². The fraction of sp³-hybridized carbons (Fsp3) is 0.138. The second kappa shape index (κ2) is 8.04. The van der Waals surface area contributed by atoms with E-state index in [1.807, 2.05) is 18.2 Å². The Kier molecular flexibility index (Phi) is 4.72. The number of halogens is 1.